The van der Waals surface area contributed by atoms with Crippen molar-refractivity contribution in [2.75, 3.05) is 31.1 Å². The number of hydrogen-bond donors (Lipinski definition) is 1. The quantitative estimate of drug-likeness (QED) is 0.892. The van der Waals surface area contributed by atoms with Crippen LogP contribution in [0.2, 0.25) is 0 Å². The van der Waals surface area contributed by atoms with Crippen molar-refractivity contribution in [3.63, 3.8) is 0 Å². The van der Waals surface area contributed by atoms with Gasteiger partial charge in [0.1, 0.15) is 6.07 Å². The summed E-state index contributed by atoms with van der Waals surface area (Å²) in [7, 11) is 0. The molecule has 1 aromatic rings. The number of nitrogens with zero attached hydrogens (tertiary/aromatic N) is 3. The molecule has 0 bridgehead atoms. The third kappa shape index (κ3) is 2.84. The zero-order chi connectivity index (χ0) is 14.8. The average molecular weight is 349 g/mol. The van der Waals surface area contributed by atoms with Gasteiger partial charge in [-0.15, -0.1) is 0 Å². The Bertz CT molecular complexity index is 590. The minimum atomic E-state index is 0.0646. The Morgan fingerprint density at radius 2 is 2.05 bits per heavy atom. The Balaban J connectivity index is 1.69. The maximum atomic E-state index is 11.7. The van der Waals surface area contributed by atoms with Crippen molar-refractivity contribution in [2.45, 2.75) is 18.9 Å². The van der Waals surface area contributed by atoms with Crippen LogP contribution < -0.4 is 10.2 Å². The average Bonchev–Trinajstić information content (AvgIpc) is 2.93. The Labute approximate surface area is 132 Å². The largest absolute Gasteiger partial charge is 0.370 e. The number of urea groups is 1. The summed E-state index contributed by atoms with van der Waals surface area (Å²) in [5, 5.41) is 12.1. The summed E-state index contributed by atoms with van der Waals surface area (Å²) in [5.74, 6) is 0. The molecule has 0 saturated carbocycles. The predicted molar refractivity (Wildman–Crippen MR) is 84.2 cm³/mol. The summed E-state index contributed by atoms with van der Waals surface area (Å²) in [6.07, 6.45) is 1.91. The molecule has 0 radical (unpaired) electrons. The smallest absolute Gasteiger partial charge is 0.317 e. The molecule has 2 aliphatic rings. The third-order valence-corrected chi connectivity index (χ3v) is 4.71. The molecule has 0 aliphatic carbocycles. The van der Waals surface area contributed by atoms with E-state index in [0.29, 0.717) is 11.6 Å². The van der Waals surface area contributed by atoms with E-state index in [9.17, 15) is 10.1 Å². The lowest BCUT2D eigenvalue weighted by atomic mass is 10.0. The maximum Gasteiger partial charge on any atom is 0.317 e. The first-order valence-corrected chi connectivity index (χ1v) is 7.97. The molecule has 6 heteroatoms. The summed E-state index contributed by atoms with van der Waals surface area (Å²) in [6.45, 7) is 3.32. The lowest BCUT2D eigenvalue weighted by Gasteiger charge is -2.37. The highest BCUT2D eigenvalue weighted by atomic mass is 79.9. The van der Waals surface area contributed by atoms with Gasteiger partial charge in [0.15, 0.2) is 0 Å². The van der Waals surface area contributed by atoms with Gasteiger partial charge in [-0.3, -0.25) is 0 Å². The first-order valence-electron chi connectivity index (χ1n) is 7.18. The van der Waals surface area contributed by atoms with Crippen molar-refractivity contribution >= 4 is 27.6 Å². The number of benzene rings is 1. The second-order valence-electron chi connectivity index (χ2n) is 5.42. The molecular formula is C15H17BrN4O. The van der Waals surface area contributed by atoms with Gasteiger partial charge in [0.05, 0.1) is 11.3 Å². The van der Waals surface area contributed by atoms with Crippen molar-refractivity contribution in [2.24, 2.45) is 0 Å². The Morgan fingerprint density at radius 1 is 1.29 bits per heavy atom. The Morgan fingerprint density at radius 3 is 2.67 bits per heavy atom. The highest BCUT2D eigenvalue weighted by Gasteiger charge is 2.31. The summed E-state index contributed by atoms with van der Waals surface area (Å²) in [4.78, 5) is 15.9. The summed E-state index contributed by atoms with van der Waals surface area (Å²) in [5.41, 5.74) is 1.69. The van der Waals surface area contributed by atoms with E-state index in [2.05, 4.69) is 32.2 Å². The number of amides is 2. The number of hydrogen-bond acceptors (Lipinski definition) is 3. The normalized spacial score (nSPS) is 19.5. The van der Waals surface area contributed by atoms with Gasteiger partial charge in [-0.05, 0) is 31.0 Å². The van der Waals surface area contributed by atoms with Crippen LogP contribution in [0.15, 0.2) is 22.7 Å². The number of carbonyl (C=O) groups is 1. The topological polar surface area (TPSA) is 59.4 Å². The van der Waals surface area contributed by atoms with E-state index < -0.39 is 0 Å². The van der Waals surface area contributed by atoms with E-state index in [1.165, 1.54) is 0 Å². The van der Waals surface area contributed by atoms with Gasteiger partial charge in [0, 0.05) is 36.7 Å². The van der Waals surface area contributed by atoms with E-state index in [1.54, 1.807) is 0 Å². The molecule has 1 N–H and O–H groups in total. The van der Waals surface area contributed by atoms with Crippen LogP contribution in [0.3, 0.4) is 0 Å². The molecule has 2 aliphatic heterocycles. The minimum absolute atomic E-state index is 0.0646. The van der Waals surface area contributed by atoms with Crippen molar-refractivity contribution in [3.05, 3.63) is 28.2 Å². The zero-order valence-corrected chi connectivity index (χ0v) is 13.3. The second kappa shape index (κ2) is 5.94. The van der Waals surface area contributed by atoms with Crippen LogP contribution in [0.25, 0.3) is 0 Å². The van der Waals surface area contributed by atoms with Crippen LogP contribution in [0, 0.1) is 11.3 Å². The lowest BCUT2D eigenvalue weighted by molar-refractivity contribution is 0.186. The van der Waals surface area contributed by atoms with E-state index in [0.717, 1.165) is 49.2 Å². The van der Waals surface area contributed by atoms with E-state index in [-0.39, 0.29) is 6.03 Å². The zero-order valence-electron chi connectivity index (χ0n) is 11.7. The molecule has 0 atom stereocenters. The van der Waals surface area contributed by atoms with Gasteiger partial charge in [-0.2, -0.15) is 5.26 Å². The van der Waals surface area contributed by atoms with E-state index in [1.807, 2.05) is 23.1 Å². The summed E-state index contributed by atoms with van der Waals surface area (Å²) < 4.78 is 0.923. The van der Waals surface area contributed by atoms with Crippen molar-refractivity contribution in [1.29, 1.82) is 5.26 Å². The van der Waals surface area contributed by atoms with Crippen LogP contribution in [0.1, 0.15) is 18.4 Å². The van der Waals surface area contributed by atoms with Crippen molar-refractivity contribution in [3.8, 4) is 6.07 Å². The second-order valence-corrected chi connectivity index (χ2v) is 6.33. The molecule has 2 fully saturated rings. The number of piperidine rings is 1. The van der Waals surface area contributed by atoms with Crippen LogP contribution in [-0.4, -0.2) is 43.2 Å². The number of rotatable bonds is 2. The fourth-order valence-electron chi connectivity index (χ4n) is 3.13. The SMILES string of the molecule is N#Cc1cc(Br)ccc1N1CCC(N2CCNC2=O)CC1. The molecule has 5 nitrogen and oxygen atoms in total. The summed E-state index contributed by atoms with van der Waals surface area (Å²) >= 11 is 3.40. The monoisotopic (exact) mass is 348 g/mol. The molecule has 1 aromatic carbocycles. The third-order valence-electron chi connectivity index (χ3n) is 4.21. The first-order chi connectivity index (χ1) is 10.2. The standard InChI is InChI=1S/C15H17BrN4O/c16-12-1-2-14(11(9-12)10-17)19-6-3-13(4-7-19)20-8-5-18-15(20)21/h1-2,9,13H,3-8H2,(H,18,21). The van der Waals surface area contributed by atoms with Crippen LogP contribution in [0.5, 0.6) is 0 Å². The van der Waals surface area contributed by atoms with E-state index >= 15 is 0 Å². The predicted octanol–water partition coefficient (Wildman–Crippen LogP) is 2.31. The van der Waals surface area contributed by atoms with Crippen LogP contribution in [-0.2, 0) is 0 Å². The molecule has 2 saturated heterocycles. The highest BCUT2D eigenvalue weighted by molar-refractivity contribution is 9.10. The van der Waals surface area contributed by atoms with Gasteiger partial charge < -0.3 is 15.1 Å². The fraction of sp³-hybridized carbons (Fsp3) is 0.467. The molecule has 3 rings (SSSR count). The molecule has 2 amide bonds. The molecule has 0 unspecified atom stereocenters. The maximum absolute atomic E-state index is 11.7. The number of carbonyl (C=O) groups excluding carboxylic acids is 1. The number of halogens is 1. The van der Waals surface area contributed by atoms with Gasteiger partial charge in [0.25, 0.3) is 0 Å². The van der Waals surface area contributed by atoms with Crippen LogP contribution >= 0.6 is 15.9 Å². The number of nitriles is 1. The van der Waals surface area contributed by atoms with Gasteiger partial charge in [-0.25, -0.2) is 4.79 Å². The minimum Gasteiger partial charge on any atom is -0.370 e. The van der Waals surface area contributed by atoms with Crippen molar-refractivity contribution < 1.29 is 4.79 Å². The Hall–Kier alpha value is -1.74. The summed E-state index contributed by atoms with van der Waals surface area (Å²) in [6, 6.07) is 8.47. The van der Waals surface area contributed by atoms with E-state index in [4.69, 9.17) is 0 Å². The van der Waals surface area contributed by atoms with Gasteiger partial charge >= 0.3 is 6.03 Å². The molecule has 2 heterocycles. The molecular weight excluding hydrogens is 332 g/mol. The van der Waals surface area contributed by atoms with Gasteiger partial charge in [0.2, 0.25) is 0 Å². The van der Waals surface area contributed by atoms with Gasteiger partial charge in [-0.1, -0.05) is 15.9 Å². The molecule has 110 valence electrons. The highest BCUT2D eigenvalue weighted by Crippen LogP contribution is 2.28. The fourth-order valence-corrected chi connectivity index (χ4v) is 3.49. The van der Waals surface area contributed by atoms with Crippen LogP contribution in [0.4, 0.5) is 10.5 Å². The molecule has 21 heavy (non-hydrogen) atoms. The number of nitrogens with one attached hydrogen (secondary N) is 1. The lowest BCUT2D eigenvalue weighted by Crippen LogP contribution is -2.46. The molecule has 0 spiro atoms. The Kier molecular flexibility index (Phi) is 4.02. The number of anilines is 1. The van der Waals surface area contributed by atoms with Crippen molar-refractivity contribution in [1.82, 2.24) is 10.2 Å². The first kappa shape index (κ1) is 14.2. The molecule has 0 aromatic heterocycles.